The van der Waals surface area contributed by atoms with Crippen molar-refractivity contribution in [3.05, 3.63) is 96.3 Å². The van der Waals surface area contributed by atoms with Gasteiger partial charge in [-0.15, -0.1) is 0 Å². The van der Waals surface area contributed by atoms with Gasteiger partial charge in [-0.25, -0.2) is 0 Å². The molecule has 36 heavy (non-hydrogen) atoms. The van der Waals surface area contributed by atoms with Crippen molar-refractivity contribution in [2.75, 3.05) is 31.5 Å². The summed E-state index contributed by atoms with van der Waals surface area (Å²) in [6.07, 6.45) is -0.759. The number of fused-ring (bicyclic) bond motifs is 1. The first-order chi connectivity index (χ1) is 17.6. The van der Waals surface area contributed by atoms with Crippen molar-refractivity contribution in [2.45, 2.75) is 19.6 Å². The van der Waals surface area contributed by atoms with Crippen LogP contribution >= 0.6 is 0 Å². The number of carbonyl (C=O) groups excluding carboxylic acids is 2. The summed E-state index contributed by atoms with van der Waals surface area (Å²) in [4.78, 5) is 30.7. The van der Waals surface area contributed by atoms with Gasteiger partial charge in [-0.05, 0) is 36.8 Å². The molecule has 1 N–H and O–H groups in total. The van der Waals surface area contributed by atoms with Gasteiger partial charge >= 0.3 is 0 Å². The highest BCUT2D eigenvalue weighted by Crippen LogP contribution is 2.32. The summed E-state index contributed by atoms with van der Waals surface area (Å²) in [5.74, 6) is 0.166. The molecule has 0 radical (unpaired) electrons. The second-order valence-corrected chi connectivity index (χ2v) is 8.92. The Bertz CT molecular complexity index is 1330. The molecule has 1 atom stereocenters. The van der Waals surface area contributed by atoms with Gasteiger partial charge in [0, 0.05) is 38.1 Å². The number of nitrogens with zero attached hydrogens (tertiary/aromatic N) is 2. The zero-order valence-corrected chi connectivity index (χ0v) is 20.2. The molecule has 2 heterocycles. The molecule has 0 spiro atoms. The lowest BCUT2D eigenvalue weighted by Crippen LogP contribution is -2.48. The molecule has 1 aliphatic rings. The molecule has 0 bridgehead atoms. The van der Waals surface area contributed by atoms with Crippen LogP contribution in [0.5, 0.6) is 5.75 Å². The van der Waals surface area contributed by atoms with E-state index >= 15 is 0 Å². The molecule has 2 amide bonds. The van der Waals surface area contributed by atoms with Crippen LogP contribution in [0.4, 0.5) is 5.69 Å². The van der Waals surface area contributed by atoms with Crippen LogP contribution in [0.3, 0.4) is 0 Å². The van der Waals surface area contributed by atoms with Crippen molar-refractivity contribution in [3.8, 4) is 5.75 Å². The predicted molar refractivity (Wildman–Crippen MR) is 139 cm³/mol. The number of para-hydroxylation sites is 2. The summed E-state index contributed by atoms with van der Waals surface area (Å²) in [7, 11) is 0. The summed E-state index contributed by atoms with van der Waals surface area (Å²) in [5.41, 5.74) is 2.19. The van der Waals surface area contributed by atoms with E-state index in [0.717, 1.165) is 19.6 Å². The number of hydrogen-bond acceptors (Lipinski definition) is 5. The molecular formula is C29H29N3O4. The highest BCUT2D eigenvalue weighted by molar-refractivity contribution is 6.11. The largest absolute Gasteiger partial charge is 0.481 e. The zero-order chi connectivity index (χ0) is 24.9. The summed E-state index contributed by atoms with van der Waals surface area (Å²) in [6, 6.07) is 26.8. The minimum Gasteiger partial charge on any atom is -0.481 e. The zero-order valence-electron chi connectivity index (χ0n) is 20.2. The van der Waals surface area contributed by atoms with Gasteiger partial charge in [-0.2, -0.15) is 0 Å². The molecule has 184 valence electrons. The summed E-state index contributed by atoms with van der Waals surface area (Å²) in [6.45, 7) is 5.24. The molecule has 3 aromatic carbocycles. The molecule has 1 aliphatic heterocycles. The number of rotatable bonds is 7. The molecule has 0 aliphatic carbocycles. The Balaban J connectivity index is 1.30. The first kappa shape index (κ1) is 23.6. The Kier molecular flexibility index (Phi) is 7.00. The van der Waals surface area contributed by atoms with E-state index in [1.54, 1.807) is 30.0 Å². The number of furan rings is 1. The topological polar surface area (TPSA) is 75.0 Å². The SMILES string of the molecule is C[C@@H](Oc1ccccc1)C(=O)Nc1c(C(=O)N2CCN(Cc3ccccc3)CC2)oc2ccccc12. The Morgan fingerprint density at radius 1 is 0.889 bits per heavy atom. The lowest BCUT2D eigenvalue weighted by atomic mass is 10.1. The summed E-state index contributed by atoms with van der Waals surface area (Å²) >= 11 is 0. The average Bonchev–Trinajstić information content (AvgIpc) is 3.28. The van der Waals surface area contributed by atoms with Crippen LogP contribution in [-0.2, 0) is 11.3 Å². The molecule has 0 saturated carbocycles. The fraction of sp³-hybridized carbons (Fsp3) is 0.241. The molecule has 4 aromatic rings. The number of hydrogen-bond donors (Lipinski definition) is 1. The van der Waals surface area contributed by atoms with Crippen LogP contribution in [0.1, 0.15) is 23.0 Å². The minimum atomic E-state index is -0.759. The first-order valence-corrected chi connectivity index (χ1v) is 12.2. The van der Waals surface area contributed by atoms with E-state index in [1.165, 1.54) is 5.56 Å². The molecule has 7 nitrogen and oxygen atoms in total. The quantitative estimate of drug-likeness (QED) is 0.409. The van der Waals surface area contributed by atoms with Gasteiger partial charge in [0.05, 0.1) is 0 Å². The fourth-order valence-electron chi connectivity index (χ4n) is 4.40. The number of carbonyl (C=O) groups is 2. The van der Waals surface area contributed by atoms with Crippen LogP contribution in [0, 0.1) is 0 Å². The number of piperazine rings is 1. The molecule has 0 unspecified atom stereocenters. The van der Waals surface area contributed by atoms with Crippen molar-refractivity contribution >= 4 is 28.5 Å². The van der Waals surface area contributed by atoms with E-state index in [1.807, 2.05) is 54.6 Å². The van der Waals surface area contributed by atoms with Crippen LogP contribution in [0.15, 0.2) is 89.3 Å². The Morgan fingerprint density at radius 2 is 1.53 bits per heavy atom. The van der Waals surface area contributed by atoms with Gasteiger partial charge in [0.1, 0.15) is 17.0 Å². The first-order valence-electron chi connectivity index (χ1n) is 12.2. The predicted octanol–water partition coefficient (Wildman–Crippen LogP) is 4.80. The van der Waals surface area contributed by atoms with E-state index in [0.29, 0.717) is 35.5 Å². The third-order valence-electron chi connectivity index (χ3n) is 6.37. The Hall–Kier alpha value is -4.10. The van der Waals surface area contributed by atoms with Crippen molar-refractivity contribution in [1.29, 1.82) is 0 Å². The number of ether oxygens (including phenoxy) is 1. The fourth-order valence-corrected chi connectivity index (χ4v) is 4.40. The van der Waals surface area contributed by atoms with Crippen molar-refractivity contribution in [1.82, 2.24) is 9.80 Å². The van der Waals surface area contributed by atoms with Gasteiger partial charge in [0.2, 0.25) is 5.76 Å². The van der Waals surface area contributed by atoms with Gasteiger partial charge < -0.3 is 19.4 Å². The van der Waals surface area contributed by atoms with Crippen molar-refractivity contribution in [3.63, 3.8) is 0 Å². The Morgan fingerprint density at radius 3 is 2.25 bits per heavy atom. The lowest BCUT2D eigenvalue weighted by Gasteiger charge is -2.34. The third-order valence-corrected chi connectivity index (χ3v) is 6.37. The summed E-state index contributed by atoms with van der Waals surface area (Å²) in [5, 5.41) is 3.58. The number of amides is 2. The highest BCUT2D eigenvalue weighted by Gasteiger charge is 2.30. The van der Waals surface area contributed by atoms with Crippen LogP contribution in [0.2, 0.25) is 0 Å². The van der Waals surface area contributed by atoms with Gasteiger partial charge in [0.25, 0.3) is 11.8 Å². The third kappa shape index (κ3) is 5.26. The number of nitrogens with one attached hydrogen (secondary N) is 1. The highest BCUT2D eigenvalue weighted by atomic mass is 16.5. The van der Waals surface area contributed by atoms with Gasteiger partial charge in [-0.1, -0.05) is 60.7 Å². The van der Waals surface area contributed by atoms with E-state index in [2.05, 4.69) is 22.3 Å². The molecular weight excluding hydrogens is 454 g/mol. The van der Waals surface area contributed by atoms with Gasteiger partial charge in [-0.3, -0.25) is 14.5 Å². The van der Waals surface area contributed by atoms with E-state index in [4.69, 9.17) is 9.15 Å². The summed E-state index contributed by atoms with van der Waals surface area (Å²) < 4.78 is 11.7. The van der Waals surface area contributed by atoms with Crippen molar-refractivity contribution in [2.24, 2.45) is 0 Å². The van der Waals surface area contributed by atoms with Gasteiger partial charge in [0.15, 0.2) is 6.10 Å². The smallest absolute Gasteiger partial charge is 0.291 e. The average molecular weight is 484 g/mol. The van der Waals surface area contributed by atoms with E-state index < -0.39 is 6.10 Å². The van der Waals surface area contributed by atoms with E-state index in [-0.39, 0.29) is 17.6 Å². The monoisotopic (exact) mass is 483 g/mol. The molecule has 1 saturated heterocycles. The van der Waals surface area contributed by atoms with Crippen molar-refractivity contribution < 1.29 is 18.7 Å². The second-order valence-electron chi connectivity index (χ2n) is 8.92. The lowest BCUT2D eigenvalue weighted by molar-refractivity contribution is -0.122. The standard InChI is InChI=1S/C29H29N3O4/c1-21(35-23-12-6-3-7-13-23)28(33)30-26-24-14-8-9-15-25(24)36-27(26)29(34)32-18-16-31(17-19-32)20-22-10-4-2-5-11-22/h2-15,21H,16-20H2,1H3,(H,30,33)/t21-/m1/s1. The Labute approximate surface area is 210 Å². The van der Waals surface area contributed by atoms with E-state index in [9.17, 15) is 9.59 Å². The van der Waals surface area contributed by atoms with Crippen LogP contribution < -0.4 is 10.1 Å². The van der Waals surface area contributed by atoms with Crippen LogP contribution in [0.25, 0.3) is 11.0 Å². The number of anilines is 1. The molecule has 1 aromatic heterocycles. The van der Waals surface area contributed by atoms with Crippen LogP contribution in [-0.4, -0.2) is 53.9 Å². The second kappa shape index (κ2) is 10.7. The maximum atomic E-state index is 13.5. The maximum absolute atomic E-state index is 13.5. The minimum absolute atomic E-state index is 0.146. The molecule has 1 fully saturated rings. The molecule has 5 rings (SSSR count). The maximum Gasteiger partial charge on any atom is 0.291 e. The molecule has 7 heteroatoms. The normalized spacial score (nSPS) is 15.0. The number of benzene rings is 3.